The van der Waals surface area contributed by atoms with Crippen molar-refractivity contribution >= 4 is 33.5 Å². The summed E-state index contributed by atoms with van der Waals surface area (Å²) < 4.78 is 0. The first-order valence-corrected chi connectivity index (χ1v) is 18.0. The zero-order valence-electron chi connectivity index (χ0n) is 30.9. The van der Waals surface area contributed by atoms with Crippen LogP contribution in [-0.4, -0.2) is 60.1 Å². The van der Waals surface area contributed by atoms with Gasteiger partial charge in [-0.1, -0.05) is 146 Å². The molecule has 2 N–H and O–H groups in total. The van der Waals surface area contributed by atoms with Crippen molar-refractivity contribution in [3.8, 4) is 0 Å². The lowest BCUT2D eigenvalue weighted by Crippen LogP contribution is -2.20. The second-order valence-corrected chi connectivity index (χ2v) is 13.5. The summed E-state index contributed by atoms with van der Waals surface area (Å²) in [6.45, 7) is 0. The van der Waals surface area contributed by atoms with Crippen LogP contribution in [0.25, 0.3) is 21.5 Å². The van der Waals surface area contributed by atoms with Crippen LogP contribution in [0.3, 0.4) is 0 Å². The fraction of sp³-hybridized carbons (Fsp3) is 0.261. The van der Waals surface area contributed by atoms with Crippen molar-refractivity contribution in [1.29, 1.82) is 0 Å². The number of fused-ring (bicyclic) bond motifs is 2. The largest absolute Gasteiger partial charge is 0.473 e. The van der Waals surface area contributed by atoms with Crippen LogP contribution in [0.4, 0.5) is 0 Å². The van der Waals surface area contributed by atoms with Crippen LogP contribution in [0.2, 0.25) is 0 Å². The van der Waals surface area contributed by atoms with Gasteiger partial charge in [-0.25, -0.2) is 9.59 Å². The normalized spacial score (nSPS) is 12.0. The first kappa shape index (κ1) is 39.5. The van der Waals surface area contributed by atoms with Crippen LogP contribution in [-0.2, 0) is 22.4 Å². The minimum Gasteiger partial charge on any atom is -0.473 e. The minimum absolute atomic E-state index is 0.492. The first-order valence-electron chi connectivity index (χ1n) is 18.0. The van der Waals surface area contributed by atoms with Gasteiger partial charge < -0.3 is 20.0 Å². The minimum atomic E-state index is -1.82. The highest BCUT2D eigenvalue weighted by molar-refractivity contribution is 6.27. The number of carboxylic acid groups (broad SMARTS) is 2. The quantitative estimate of drug-likeness (QED) is 0.124. The van der Waals surface area contributed by atoms with Crippen molar-refractivity contribution in [2.24, 2.45) is 0 Å². The molecule has 6 aromatic carbocycles. The Morgan fingerprint density at radius 1 is 0.462 bits per heavy atom. The molecule has 0 aliphatic heterocycles. The van der Waals surface area contributed by atoms with E-state index in [9.17, 15) is 0 Å². The number of rotatable bonds is 12. The summed E-state index contributed by atoms with van der Waals surface area (Å²) in [5, 5.41) is 20.3. The third-order valence-electron chi connectivity index (χ3n) is 9.41. The predicted molar refractivity (Wildman–Crippen MR) is 215 cm³/mol. The van der Waals surface area contributed by atoms with Crippen LogP contribution in [0.15, 0.2) is 146 Å². The van der Waals surface area contributed by atoms with Gasteiger partial charge in [-0.2, -0.15) is 0 Å². The molecule has 0 aliphatic carbocycles. The molecule has 0 aromatic heterocycles. The Hall–Kier alpha value is -5.30. The molecule has 52 heavy (non-hydrogen) atoms. The molecule has 0 fully saturated rings. The van der Waals surface area contributed by atoms with Crippen molar-refractivity contribution < 1.29 is 19.8 Å². The number of carboxylic acids is 2. The van der Waals surface area contributed by atoms with Gasteiger partial charge in [0.1, 0.15) is 0 Å². The Kier molecular flexibility index (Phi) is 15.6. The number of hydrogen-bond acceptors (Lipinski definition) is 4. The van der Waals surface area contributed by atoms with Gasteiger partial charge in [0.2, 0.25) is 0 Å². The number of carbonyl (C=O) groups is 2. The van der Waals surface area contributed by atoms with E-state index in [0.29, 0.717) is 12.1 Å². The molecule has 6 rings (SSSR count). The monoisotopic (exact) mass is 696 g/mol. The van der Waals surface area contributed by atoms with E-state index >= 15 is 0 Å². The molecule has 2 atom stereocenters. The first-order chi connectivity index (χ1) is 25.2. The Morgan fingerprint density at radius 3 is 1.13 bits per heavy atom. The van der Waals surface area contributed by atoms with Gasteiger partial charge in [0.25, 0.3) is 0 Å². The summed E-state index contributed by atoms with van der Waals surface area (Å²) in [5.74, 6) is -3.65. The third-order valence-corrected chi connectivity index (χ3v) is 9.41. The summed E-state index contributed by atoms with van der Waals surface area (Å²) >= 11 is 0. The molecule has 6 heteroatoms. The number of aliphatic carboxylic acids is 2. The van der Waals surface area contributed by atoms with Crippen molar-refractivity contribution in [2.45, 2.75) is 50.6 Å². The summed E-state index contributed by atoms with van der Waals surface area (Å²) in [5.41, 5.74) is 5.76. The number of aryl methyl sites for hydroxylation is 2. The molecule has 0 bridgehead atoms. The molecular weight excluding hydrogens is 645 g/mol. The van der Waals surface area contributed by atoms with Gasteiger partial charge in [0.05, 0.1) is 0 Å². The van der Waals surface area contributed by atoms with Crippen molar-refractivity contribution in [3.63, 3.8) is 0 Å². The Bertz CT molecular complexity index is 1820. The summed E-state index contributed by atoms with van der Waals surface area (Å²) in [7, 11) is 8.70. The third kappa shape index (κ3) is 11.9. The zero-order valence-corrected chi connectivity index (χ0v) is 30.9. The standard InChI is InChI=1S/2C22H25N.C2H2O4/c2*1-23(2)22(20-11-4-3-5-12-20)17-9-15-19-14-8-13-18-10-6-7-16-21(18)19;3-1(4)2(5)6/h2*3-8,10-14,16,22H,9,15,17H2,1-2H3;(H,3,4)(H,5,6). The smallest absolute Gasteiger partial charge is 0.414 e. The van der Waals surface area contributed by atoms with Gasteiger partial charge in [0, 0.05) is 12.1 Å². The lowest BCUT2D eigenvalue weighted by Gasteiger charge is -2.25. The fourth-order valence-electron chi connectivity index (χ4n) is 6.79. The predicted octanol–water partition coefficient (Wildman–Crippen LogP) is 10.1. The molecule has 0 spiro atoms. The number of hydrogen-bond donors (Lipinski definition) is 2. The molecule has 270 valence electrons. The van der Waals surface area contributed by atoms with E-state index in [0.717, 1.165) is 12.8 Å². The van der Waals surface area contributed by atoms with E-state index in [1.165, 1.54) is 69.5 Å². The number of nitrogens with zero attached hydrogens (tertiary/aromatic N) is 2. The Morgan fingerprint density at radius 2 is 0.788 bits per heavy atom. The molecule has 0 saturated heterocycles. The van der Waals surface area contributed by atoms with Gasteiger partial charge in [-0.3, -0.25) is 0 Å². The van der Waals surface area contributed by atoms with E-state index in [-0.39, 0.29) is 0 Å². The summed E-state index contributed by atoms with van der Waals surface area (Å²) in [6.07, 6.45) is 7.04. The molecule has 6 aromatic rings. The molecule has 0 amide bonds. The average Bonchev–Trinajstić information content (AvgIpc) is 3.16. The van der Waals surface area contributed by atoms with Crippen LogP contribution in [0.5, 0.6) is 0 Å². The maximum atomic E-state index is 9.10. The van der Waals surface area contributed by atoms with Gasteiger partial charge in [0.15, 0.2) is 0 Å². The van der Waals surface area contributed by atoms with Crippen LogP contribution < -0.4 is 0 Å². The van der Waals surface area contributed by atoms with E-state index in [1.807, 2.05) is 0 Å². The molecule has 0 aliphatic rings. The van der Waals surface area contributed by atoms with Crippen LogP contribution >= 0.6 is 0 Å². The topological polar surface area (TPSA) is 81.1 Å². The second-order valence-electron chi connectivity index (χ2n) is 13.5. The van der Waals surface area contributed by atoms with E-state index in [1.54, 1.807) is 0 Å². The molecule has 0 radical (unpaired) electrons. The Balaban J connectivity index is 0.000000202. The number of benzene rings is 6. The van der Waals surface area contributed by atoms with Crippen molar-refractivity contribution in [2.75, 3.05) is 28.2 Å². The second kappa shape index (κ2) is 20.5. The lowest BCUT2D eigenvalue weighted by atomic mass is 9.96. The molecular formula is C46H52N2O4. The van der Waals surface area contributed by atoms with E-state index in [4.69, 9.17) is 19.8 Å². The molecule has 2 unspecified atom stereocenters. The fourth-order valence-corrected chi connectivity index (χ4v) is 6.79. The molecule has 0 saturated carbocycles. The zero-order chi connectivity index (χ0) is 37.3. The van der Waals surface area contributed by atoms with E-state index < -0.39 is 11.9 Å². The molecule has 6 nitrogen and oxygen atoms in total. The molecule has 0 heterocycles. The lowest BCUT2D eigenvalue weighted by molar-refractivity contribution is -0.159. The Labute approximate surface area is 309 Å². The average molecular weight is 697 g/mol. The van der Waals surface area contributed by atoms with Crippen molar-refractivity contribution in [1.82, 2.24) is 9.80 Å². The van der Waals surface area contributed by atoms with Gasteiger partial charge >= 0.3 is 11.9 Å². The highest BCUT2D eigenvalue weighted by Crippen LogP contribution is 2.27. The maximum Gasteiger partial charge on any atom is 0.414 e. The van der Waals surface area contributed by atoms with Crippen LogP contribution in [0, 0.1) is 0 Å². The maximum absolute atomic E-state index is 9.10. The highest BCUT2D eigenvalue weighted by atomic mass is 16.4. The highest BCUT2D eigenvalue weighted by Gasteiger charge is 2.15. The SMILES string of the molecule is CN(C)C(CCCc1cccc2ccccc12)c1ccccc1.CN(C)C(CCCc1cccc2ccccc12)c1ccccc1.O=C(O)C(=O)O. The van der Waals surface area contributed by atoms with Gasteiger partial charge in [-0.05, 0) is 111 Å². The summed E-state index contributed by atoms with van der Waals surface area (Å²) in [6, 6.07) is 53.3. The van der Waals surface area contributed by atoms with Crippen molar-refractivity contribution in [3.05, 3.63) is 168 Å². The van der Waals surface area contributed by atoms with Crippen LogP contribution in [0.1, 0.15) is 60.0 Å². The summed E-state index contributed by atoms with van der Waals surface area (Å²) in [4.78, 5) is 22.9. The van der Waals surface area contributed by atoms with Gasteiger partial charge in [-0.15, -0.1) is 0 Å². The van der Waals surface area contributed by atoms with E-state index in [2.05, 4.69) is 184 Å².